The van der Waals surface area contributed by atoms with Crippen molar-refractivity contribution < 1.29 is 8.78 Å². The minimum Gasteiger partial charge on any atom is -0.370 e. The van der Waals surface area contributed by atoms with Crippen LogP contribution in [0.5, 0.6) is 0 Å². The van der Waals surface area contributed by atoms with Gasteiger partial charge in [0.1, 0.15) is 5.69 Å². The molecule has 158 valence electrons. The second-order valence-electron chi connectivity index (χ2n) is 8.98. The summed E-state index contributed by atoms with van der Waals surface area (Å²) in [6, 6.07) is 4.52. The van der Waals surface area contributed by atoms with Gasteiger partial charge in [-0.3, -0.25) is 4.68 Å². The average molecular weight is 433 g/mol. The van der Waals surface area contributed by atoms with Crippen molar-refractivity contribution in [3.8, 4) is 5.69 Å². The van der Waals surface area contributed by atoms with Gasteiger partial charge in [-0.05, 0) is 37.8 Å². The Bertz CT molecular complexity index is 1110. The molecule has 3 aromatic rings. The molecule has 3 aliphatic rings. The van der Waals surface area contributed by atoms with Crippen LogP contribution in [0.2, 0.25) is 5.02 Å². The second-order valence-corrected chi connectivity index (χ2v) is 9.39. The standard InChI is InChI=1S/C21H23ClF2N6/c22-17-7-14-9-27-30(16-10-26-29(11-16)15-1-2-15)18(14)8-19(17)28-5-3-20(4-6-28)12-21(23,24)13-25-20/h7-11,15,25H,1-6,12-13H2. The Morgan fingerprint density at radius 1 is 1.10 bits per heavy atom. The van der Waals surface area contributed by atoms with Crippen LogP contribution in [0.25, 0.3) is 16.6 Å². The van der Waals surface area contributed by atoms with Crippen molar-refractivity contribution in [1.82, 2.24) is 24.9 Å². The van der Waals surface area contributed by atoms with Crippen molar-refractivity contribution in [2.75, 3.05) is 24.5 Å². The Morgan fingerprint density at radius 3 is 2.60 bits per heavy atom. The second kappa shape index (κ2) is 6.40. The molecule has 2 aliphatic heterocycles. The summed E-state index contributed by atoms with van der Waals surface area (Å²) in [7, 11) is 0. The third-order valence-electron chi connectivity index (χ3n) is 6.77. The summed E-state index contributed by atoms with van der Waals surface area (Å²) in [5.41, 5.74) is 2.38. The fourth-order valence-electron chi connectivity index (χ4n) is 4.93. The number of alkyl halides is 2. The third kappa shape index (κ3) is 3.08. The number of benzene rings is 1. The molecule has 1 aromatic carbocycles. The molecule has 0 atom stereocenters. The van der Waals surface area contributed by atoms with Crippen molar-refractivity contribution in [3.05, 3.63) is 35.7 Å². The van der Waals surface area contributed by atoms with Gasteiger partial charge >= 0.3 is 0 Å². The topological polar surface area (TPSA) is 50.9 Å². The largest absolute Gasteiger partial charge is 0.370 e. The number of piperidine rings is 1. The number of hydrogen-bond donors (Lipinski definition) is 1. The van der Waals surface area contributed by atoms with Crippen LogP contribution in [0, 0.1) is 0 Å². The first-order chi connectivity index (χ1) is 14.4. The van der Waals surface area contributed by atoms with Gasteiger partial charge in [0.25, 0.3) is 5.92 Å². The highest BCUT2D eigenvalue weighted by Gasteiger charge is 2.50. The lowest BCUT2D eigenvalue weighted by Gasteiger charge is -2.40. The fraction of sp³-hybridized carbons (Fsp3) is 0.524. The molecule has 1 aliphatic carbocycles. The van der Waals surface area contributed by atoms with Crippen LogP contribution >= 0.6 is 11.6 Å². The van der Waals surface area contributed by atoms with Gasteiger partial charge in [-0.15, -0.1) is 0 Å². The quantitative estimate of drug-likeness (QED) is 0.674. The molecular formula is C21H23ClF2N6. The number of rotatable bonds is 3. The number of aromatic nitrogens is 4. The van der Waals surface area contributed by atoms with Gasteiger partial charge < -0.3 is 10.2 Å². The van der Waals surface area contributed by atoms with Gasteiger partial charge in [-0.1, -0.05) is 11.6 Å². The molecule has 4 heterocycles. The molecular weight excluding hydrogens is 410 g/mol. The lowest BCUT2D eigenvalue weighted by atomic mass is 9.85. The molecule has 0 radical (unpaired) electrons. The highest BCUT2D eigenvalue weighted by Crippen LogP contribution is 2.41. The van der Waals surface area contributed by atoms with E-state index < -0.39 is 11.5 Å². The lowest BCUT2D eigenvalue weighted by molar-refractivity contribution is 0.0140. The Hall–Kier alpha value is -2.19. The van der Waals surface area contributed by atoms with Crippen molar-refractivity contribution in [2.24, 2.45) is 0 Å². The van der Waals surface area contributed by atoms with Crippen molar-refractivity contribution >= 4 is 28.2 Å². The summed E-state index contributed by atoms with van der Waals surface area (Å²) in [5.74, 6) is -2.60. The smallest absolute Gasteiger partial charge is 0.262 e. The summed E-state index contributed by atoms with van der Waals surface area (Å²) < 4.78 is 31.4. The summed E-state index contributed by atoms with van der Waals surface area (Å²) in [6.07, 6.45) is 9.35. The zero-order valence-electron chi connectivity index (χ0n) is 16.5. The van der Waals surface area contributed by atoms with Crippen molar-refractivity contribution in [3.63, 3.8) is 0 Å². The van der Waals surface area contributed by atoms with E-state index in [9.17, 15) is 8.78 Å². The molecule has 0 unspecified atom stereocenters. The van der Waals surface area contributed by atoms with E-state index in [4.69, 9.17) is 11.6 Å². The highest BCUT2D eigenvalue weighted by molar-refractivity contribution is 6.34. The maximum Gasteiger partial charge on any atom is 0.262 e. The van der Waals surface area contributed by atoms with E-state index in [2.05, 4.69) is 26.5 Å². The SMILES string of the molecule is FC1(F)CNC2(CCN(c3cc4c(cnn4-c4cnn(C5CC5)c4)cc3Cl)CC2)C1. The van der Waals surface area contributed by atoms with Gasteiger partial charge in [-0.2, -0.15) is 10.2 Å². The van der Waals surface area contributed by atoms with Gasteiger partial charge in [0, 0.05) is 30.4 Å². The molecule has 9 heteroatoms. The molecule has 1 saturated carbocycles. The molecule has 1 spiro atoms. The van der Waals surface area contributed by atoms with Crippen LogP contribution in [0.1, 0.15) is 38.1 Å². The van der Waals surface area contributed by atoms with E-state index in [0.29, 0.717) is 37.0 Å². The Kier molecular flexibility index (Phi) is 3.96. The Labute approximate surface area is 177 Å². The Morgan fingerprint density at radius 2 is 1.90 bits per heavy atom. The zero-order valence-corrected chi connectivity index (χ0v) is 17.2. The molecule has 0 bridgehead atoms. The third-order valence-corrected chi connectivity index (χ3v) is 7.07. The molecule has 6 nitrogen and oxygen atoms in total. The van der Waals surface area contributed by atoms with Gasteiger partial charge in [0.05, 0.1) is 47.4 Å². The minimum absolute atomic E-state index is 0.0711. The van der Waals surface area contributed by atoms with Gasteiger partial charge in [0.2, 0.25) is 0 Å². The van der Waals surface area contributed by atoms with E-state index in [1.165, 1.54) is 12.8 Å². The summed E-state index contributed by atoms with van der Waals surface area (Å²) in [6.45, 7) is 1.18. The number of nitrogens with zero attached hydrogens (tertiary/aromatic N) is 5. The molecule has 30 heavy (non-hydrogen) atoms. The highest BCUT2D eigenvalue weighted by atomic mass is 35.5. The molecule has 1 N–H and O–H groups in total. The maximum atomic E-state index is 13.7. The van der Waals surface area contributed by atoms with Crippen LogP contribution in [-0.4, -0.2) is 50.7 Å². The Balaban J connectivity index is 1.29. The van der Waals surface area contributed by atoms with Gasteiger partial charge in [-0.25, -0.2) is 13.5 Å². The molecule has 2 saturated heterocycles. The average Bonchev–Trinajstić information content (AvgIpc) is 3.18. The van der Waals surface area contributed by atoms with Crippen molar-refractivity contribution in [2.45, 2.75) is 49.6 Å². The monoisotopic (exact) mass is 432 g/mol. The molecule has 2 aromatic heterocycles. The zero-order chi connectivity index (χ0) is 20.5. The van der Waals surface area contributed by atoms with Crippen LogP contribution in [0.4, 0.5) is 14.5 Å². The fourth-order valence-corrected chi connectivity index (χ4v) is 5.22. The molecule has 0 amide bonds. The summed E-state index contributed by atoms with van der Waals surface area (Å²) >= 11 is 6.61. The van der Waals surface area contributed by atoms with E-state index in [1.807, 2.05) is 34.0 Å². The minimum atomic E-state index is -2.60. The predicted molar refractivity (Wildman–Crippen MR) is 112 cm³/mol. The van der Waals surface area contributed by atoms with Crippen molar-refractivity contribution in [1.29, 1.82) is 0 Å². The van der Waals surface area contributed by atoms with Crippen LogP contribution in [-0.2, 0) is 0 Å². The summed E-state index contributed by atoms with van der Waals surface area (Å²) in [5, 5.41) is 13.7. The first-order valence-electron chi connectivity index (χ1n) is 10.5. The van der Waals surface area contributed by atoms with E-state index in [0.717, 1.165) is 22.3 Å². The number of anilines is 1. The first-order valence-corrected chi connectivity index (χ1v) is 10.9. The van der Waals surface area contributed by atoms with Crippen LogP contribution in [0.3, 0.4) is 0 Å². The van der Waals surface area contributed by atoms with E-state index in [-0.39, 0.29) is 13.0 Å². The van der Waals surface area contributed by atoms with Gasteiger partial charge in [0.15, 0.2) is 0 Å². The number of nitrogens with one attached hydrogen (secondary N) is 1. The number of halogens is 3. The molecule has 3 fully saturated rings. The lowest BCUT2D eigenvalue weighted by Crippen LogP contribution is -2.50. The van der Waals surface area contributed by atoms with Crippen LogP contribution < -0.4 is 10.2 Å². The first kappa shape index (κ1) is 18.6. The van der Waals surface area contributed by atoms with E-state index >= 15 is 0 Å². The number of fused-ring (bicyclic) bond motifs is 1. The van der Waals surface area contributed by atoms with Crippen LogP contribution in [0.15, 0.2) is 30.7 Å². The maximum absolute atomic E-state index is 13.7. The number of hydrogen-bond acceptors (Lipinski definition) is 4. The summed E-state index contributed by atoms with van der Waals surface area (Å²) in [4.78, 5) is 2.20. The molecule has 6 rings (SSSR count). The van der Waals surface area contributed by atoms with E-state index in [1.54, 1.807) is 0 Å². The normalized spacial score (nSPS) is 23.0. The predicted octanol–water partition coefficient (Wildman–Crippen LogP) is 4.18.